The molecule has 2 heteroatoms. The number of rotatable bonds is 0. The minimum atomic E-state index is -0.203. The van der Waals surface area contributed by atoms with Crippen molar-refractivity contribution in [1.82, 2.24) is 0 Å². The van der Waals surface area contributed by atoms with Crippen LogP contribution in [0.4, 0.5) is 0 Å². The summed E-state index contributed by atoms with van der Waals surface area (Å²) in [6.45, 7) is 0. The van der Waals surface area contributed by atoms with Crippen molar-refractivity contribution in [2.75, 3.05) is 0 Å². The molecule has 4 rings (SSSR count). The van der Waals surface area contributed by atoms with E-state index in [1.807, 2.05) is 0 Å². The van der Waals surface area contributed by atoms with Gasteiger partial charge in [0, 0.05) is 11.8 Å². The lowest BCUT2D eigenvalue weighted by Crippen LogP contribution is -2.50. The monoisotopic (exact) mass is 163 g/mol. The highest BCUT2D eigenvalue weighted by Crippen LogP contribution is 2.50. The number of hydrogen-bond acceptors (Lipinski definition) is 2. The summed E-state index contributed by atoms with van der Waals surface area (Å²) in [5.74, 6) is 2.21. The van der Waals surface area contributed by atoms with E-state index in [0.29, 0.717) is 5.92 Å². The standard InChI is InChI=1S/C10H11O2/c11-9-6-1-5-2-7(4-6)10(12)8(9)3-5/h5-6,8H,1-4H2. The number of hydrogen-bond donors (Lipinski definition) is 0. The summed E-state index contributed by atoms with van der Waals surface area (Å²) in [7, 11) is 0. The Morgan fingerprint density at radius 1 is 1.08 bits per heavy atom. The van der Waals surface area contributed by atoms with Crippen molar-refractivity contribution in [2.24, 2.45) is 17.8 Å². The van der Waals surface area contributed by atoms with E-state index >= 15 is 0 Å². The van der Waals surface area contributed by atoms with Gasteiger partial charge in [-0.3, -0.25) is 9.59 Å². The molecule has 0 spiro atoms. The van der Waals surface area contributed by atoms with Gasteiger partial charge in [0.15, 0.2) is 5.78 Å². The van der Waals surface area contributed by atoms with E-state index in [9.17, 15) is 9.59 Å². The lowest BCUT2D eigenvalue weighted by atomic mass is 9.55. The van der Waals surface area contributed by atoms with Crippen LogP contribution in [-0.4, -0.2) is 11.6 Å². The van der Waals surface area contributed by atoms with Gasteiger partial charge in [0.25, 0.3) is 0 Å². The first-order chi connectivity index (χ1) is 5.75. The molecule has 4 fully saturated rings. The van der Waals surface area contributed by atoms with Crippen LogP contribution in [0.5, 0.6) is 0 Å². The highest BCUT2D eigenvalue weighted by Gasteiger charge is 2.52. The molecule has 0 aromatic heterocycles. The molecule has 0 saturated heterocycles. The summed E-state index contributed by atoms with van der Waals surface area (Å²) in [4.78, 5) is 23.1. The van der Waals surface area contributed by atoms with Crippen LogP contribution in [0.15, 0.2) is 0 Å². The van der Waals surface area contributed by atoms with Gasteiger partial charge in [-0.25, -0.2) is 0 Å². The Hall–Kier alpha value is -0.660. The van der Waals surface area contributed by atoms with Crippen LogP contribution in [0.2, 0.25) is 0 Å². The van der Waals surface area contributed by atoms with Crippen molar-refractivity contribution < 1.29 is 9.59 Å². The highest BCUT2D eigenvalue weighted by molar-refractivity contribution is 6.13. The van der Waals surface area contributed by atoms with Crippen LogP contribution in [-0.2, 0) is 9.59 Å². The van der Waals surface area contributed by atoms with Gasteiger partial charge < -0.3 is 0 Å². The van der Waals surface area contributed by atoms with Crippen LogP contribution >= 0.6 is 0 Å². The Kier molecular flexibility index (Phi) is 1.12. The summed E-state index contributed by atoms with van der Waals surface area (Å²) in [6.07, 6.45) is 3.72. The third kappa shape index (κ3) is 0.661. The predicted octanol–water partition coefficient (Wildman–Crippen LogP) is 1.15. The molecule has 0 heterocycles. The number of carbonyl (C=O) groups excluding carboxylic acids is 2. The van der Waals surface area contributed by atoms with E-state index in [2.05, 4.69) is 0 Å². The Morgan fingerprint density at radius 2 is 1.92 bits per heavy atom. The fourth-order valence-electron chi connectivity index (χ4n) is 3.11. The zero-order valence-electron chi connectivity index (χ0n) is 6.88. The van der Waals surface area contributed by atoms with Gasteiger partial charge in [-0.2, -0.15) is 0 Å². The number of ketones is 2. The second-order valence-electron chi connectivity index (χ2n) is 4.37. The van der Waals surface area contributed by atoms with E-state index in [1.54, 1.807) is 0 Å². The van der Waals surface area contributed by atoms with Gasteiger partial charge >= 0.3 is 0 Å². The molecule has 2 nitrogen and oxygen atoms in total. The van der Waals surface area contributed by atoms with E-state index in [4.69, 9.17) is 0 Å². The van der Waals surface area contributed by atoms with Crippen LogP contribution in [0.1, 0.15) is 25.7 Å². The van der Waals surface area contributed by atoms with Crippen molar-refractivity contribution in [1.29, 1.82) is 0 Å². The second kappa shape index (κ2) is 1.98. The summed E-state index contributed by atoms with van der Waals surface area (Å²) in [6, 6.07) is 0. The van der Waals surface area contributed by atoms with E-state index in [0.717, 1.165) is 31.6 Å². The average Bonchev–Trinajstić information content (AvgIpc) is 2.07. The molecule has 4 saturated carbocycles. The van der Waals surface area contributed by atoms with Crippen molar-refractivity contribution >= 4 is 11.6 Å². The Labute approximate surface area is 71.3 Å². The quantitative estimate of drug-likeness (QED) is 0.502. The maximum Gasteiger partial charge on any atom is 0.150 e. The largest absolute Gasteiger partial charge is 0.299 e. The minimum Gasteiger partial charge on any atom is -0.299 e. The smallest absolute Gasteiger partial charge is 0.150 e. The fourth-order valence-corrected chi connectivity index (χ4v) is 3.11. The molecular weight excluding hydrogens is 152 g/mol. The Morgan fingerprint density at radius 3 is 2.75 bits per heavy atom. The van der Waals surface area contributed by atoms with Crippen LogP contribution in [0.3, 0.4) is 0 Å². The molecule has 1 radical (unpaired) electrons. The van der Waals surface area contributed by atoms with Gasteiger partial charge in [0.05, 0.1) is 5.92 Å². The topological polar surface area (TPSA) is 34.1 Å². The van der Waals surface area contributed by atoms with Crippen molar-refractivity contribution in [3.05, 3.63) is 5.92 Å². The highest BCUT2D eigenvalue weighted by atomic mass is 16.2. The minimum absolute atomic E-state index is 0.187. The normalized spacial score (nSPS) is 45.8. The number of carbonyl (C=O) groups is 2. The maximum atomic E-state index is 11.5. The molecule has 0 aromatic carbocycles. The van der Waals surface area contributed by atoms with Gasteiger partial charge in [-0.05, 0) is 31.6 Å². The molecule has 12 heavy (non-hydrogen) atoms. The fraction of sp³-hybridized carbons (Fsp3) is 0.700. The van der Waals surface area contributed by atoms with Gasteiger partial charge in [-0.1, -0.05) is 0 Å². The van der Waals surface area contributed by atoms with Gasteiger partial charge in [0.1, 0.15) is 5.78 Å². The van der Waals surface area contributed by atoms with Crippen molar-refractivity contribution in [2.45, 2.75) is 25.7 Å². The third-order valence-electron chi connectivity index (χ3n) is 3.63. The summed E-state index contributed by atoms with van der Waals surface area (Å²) in [5, 5.41) is 0. The van der Waals surface area contributed by atoms with Crippen molar-refractivity contribution in [3.8, 4) is 0 Å². The molecule has 3 unspecified atom stereocenters. The number of Topliss-reactive ketones (excluding diaryl/α,β-unsaturated/α-hetero) is 2. The molecule has 0 aromatic rings. The predicted molar refractivity (Wildman–Crippen MR) is 42.2 cm³/mol. The molecule has 3 atom stereocenters. The molecule has 63 valence electrons. The SMILES string of the molecule is O=C1[C]2CC3CC(C2)C(=O)C1C3. The van der Waals surface area contributed by atoms with Crippen LogP contribution in [0, 0.1) is 23.7 Å². The van der Waals surface area contributed by atoms with E-state index in [-0.39, 0.29) is 23.4 Å². The van der Waals surface area contributed by atoms with Gasteiger partial charge in [-0.15, -0.1) is 0 Å². The molecular formula is C10H11O2. The molecule has 4 bridgehead atoms. The molecule has 0 N–H and O–H groups in total. The third-order valence-corrected chi connectivity index (χ3v) is 3.63. The molecule has 0 aliphatic heterocycles. The lowest BCUT2D eigenvalue weighted by Gasteiger charge is -2.46. The van der Waals surface area contributed by atoms with Crippen LogP contribution in [0.25, 0.3) is 0 Å². The lowest BCUT2D eigenvalue weighted by molar-refractivity contribution is -0.145. The van der Waals surface area contributed by atoms with Crippen LogP contribution < -0.4 is 0 Å². The Bertz CT molecular complexity index is 245. The summed E-state index contributed by atoms with van der Waals surface area (Å²) >= 11 is 0. The average molecular weight is 163 g/mol. The van der Waals surface area contributed by atoms with Crippen molar-refractivity contribution in [3.63, 3.8) is 0 Å². The van der Waals surface area contributed by atoms with E-state index < -0.39 is 0 Å². The zero-order valence-corrected chi connectivity index (χ0v) is 6.88. The maximum absolute atomic E-state index is 11.5. The zero-order chi connectivity index (χ0) is 8.29. The molecule has 4 aliphatic carbocycles. The first kappa shape index (κ1) is 6.81. The summed E-state index contributed by atoms with van der Waals surface area (Å²) < 4.78 is 0. The summed E-state index contributed by atoms with van der Waals surface area (Å²) in [5.41, 5.74) is 0. The Balaban J connectivity index is 2.03. The molecule has 0 amide bonds. The first-order valence-corrected chi connectivity index (χ1v) is 4.68. The van der Waals surface area contributed by atoms with Gasteiger partial charge in [0.2, 0.25) is 0 Å². The second-order valence-corrected chi connectivity index (χ2v) is 4.37. The van der Waals surface area contributed by atoms with E-state index in [1.165, 1.54) is 0 Å². The first-order valence-electron chi connectivity index (χ1n) is 4.68. The molecule has 4 aliphatic rings.